The molecule has 3 aliphatic rings. The first kappa shape index (κ1) is 19.0. The molecule has 6 nitrogen and oxygen atoms in total. The van der Waals surface area contributed by atoms with Gasteiger partial charge in [-0.05, 0) is 59.0 Å². The van der Waals surface area contributed by atoms with Crippen LogP contribution in [0.15, 0.2) is 18.2 Å². The molecule has 1 aromatic carbocycles. The zero-order chi connectivity index (χ0) is 21.5. The average Bonchev–Trinajstić information content (AvgIpc) is 3.34. The highest BCUT2D eigenvalue weighted by Crippen LogP contribution is 2.49. The maximum atomic E-state index is 13.6. The van der Waals surface area contributed by atoms with Crippen LogP contribution in [-0.4, -0.2) is 53.9 Å². The minimum atomic E-state index is -0.394. The molecule has 0 atom stereocenters. The van der Waals surface area contributed by atoms with Crippen LogP contribution in [0.4, 0.5) is 5.13 Å². The molecule has 2 saturated heterocycles. The fourth-order valence-electron chi connectivity index (χ4n) is 5.53. The van der Waals surface area contributed by atoms with Gasteiger partial charge in [0.1, 0.15) is 4.88 Å². The minimum absolute atomic E-state index is 0.0542. The maximum Gasteiger partial charge on any atom is 0.207 e. The molecule has 0 unspecified atom stereocenters. The summed E-state index contributed by atoms with van der Waals surface area (Å²) in [6.45, 7) is 8.71. The van der Waals surface area contributed by atoms with E-state index >= 15 is 0 Å². The molecule has 31 heavy (non-hydrogen) atoms. The Balaban J connectivity index is 1.37. The molecule has 1 N–H and O–H groups in total. The van der Waals surface area contributed by atoms with Crippen molar-refractivity contribution in [2.75, 3.05) is 38.1 Å². The van der Waals surface area contributed by atoms with E-state index in [2.05, 4.69) is 41.7 Å². The number of H-pyrrole nitrogens is 1. The van der Waals surface area contributed by atoms with Crippen molar-refractivity contribution in [2.45, 2.75) is 32.1 Å². The number of aromatic amines is 1. The van der Waals surface area contributed by atoms with Gasteiger partial charge in [-0.3, -0.25) is 4.79 Å². The number of benzene rings is 1. The summed E-state index contributed by atoms with van der Waals surface area (Å²) >= 11 is 1.55. The summed E-state index contributed by atoms with van der Waals surface area (Å²) in [4.78, 5) is 27.6. The molecule has 7 heteroatoms. The topological polar surface area (TPSA) is 76.0 Å². The zero-order valence-corrected chi connectivity index (χ0v) is 18.9. The summed E-state index contributed by atoms with van der Waals surface area (Å²) in [5.41, 5.74) is 3.98. The third kappa shape index (κ3) is 2.58. The zero-order valence-electron chi connectivity index (χ0n) is 18.1. The van der Waals surface area contributed by atoms with Gasteiger partial charge in [0.05, 0.1) is 22.9 Å². The van der Waals surface area contributed by atoms with Crippen molar-refractivity contribution < 1.29 is 4.79 Å². The fraction of sp³-hybridized carbons (Fsp3) is 0.458. The molecule has 0 amide bonds. The number of rotatable bonds is 1. The van der Waals surface area contributed by atoms with Crippen LogP contribution in [0.25, 0.3) is 10.9 Å². The van der Waals surface area contributed by atoms with Crippen molar-refractivity contribution in [3.8, 4) is 6.07 Å². The predicted molar refractivity (Wildman–Crippen MR) is 122 cm³/mol. The molecule has 1 spiro atoms. The van der Waals surface area contributed by atoms with Gasteiger partial charge in [-0.2, -0.15) is 5.26 Å². The van der Waals surface area contributed by atoms with Crippen LogP contribution in [0, 0.1) is 16.7 Å². The largest absolute Gasteiger partial charge is 0.357 e. The van der Waals surface area contributed by atoms with Crippen LogP contribution in [0.1, 0.15) is 58.9 Å². The van der Waals surface area contributed by atoms with Crippen molar-refractivity contribution in [3.63, 3.8) is 0 Å². The Morgan fingerprint density at radius 3 is 2.68 bits per heavy atom. The molecule has 3 aromatic rings. The van der Waals surface area contributed by atoms with E-state index in [0.717, 1.165) is 51.0 Å². The minimum Gasteiger partial charge on any atom is -0.357 e. The number of carbonyl (C=O) groups excluding carboxylic acids is 1. The van der Waals surface area contributed by atoms with E-state index in [4.69, 9.17) is 4.98 Å². The lowest BCUT2D eigenvalue weighted by Gasteiger charge is -2.53. The second-order valence-electron chi connectivity index (χ2n) is 10.0. The van der Waals surface area contributed by atoms with Crippen molar-refractivity contribution in [1.82, 2.24) is 14.9 Å². The smallest absolute Gasteiger partial charge is 0.207 e. The second kappa shape index (κ2) is 6.18. The average molecular weight is 432 g/mol. The van der Waals surface area contributed by atoms with Gasteiger partial charge in [-0.1, -0.05) is 17.4 Å². The Kier molecular flexibility index (Phi) is 3.79. The van der Waals surface area contributed by atoms with E-state index in [0.29, 0.717) is 11.0 Å². The third-order valence-corrected chi connectivity index (χ3v) is 8.68. The van der Waals surface area contributed by atoms with Crippen LogP contribution >= 0.6 is 11.3 Å². The van der Waals surface area contributed by atoms with Gasteiger partial charge in [0, 0.05) is 40.5 Å². The van der Waals surface area contributed by atoms with E-state index in [9.17, 15) is 10.1 Å². The Morgan fingerprint density at radius 2 is 1.97 bits per heavy atom. The summed E-state index contributed by atoms with van der Waals surface area (Å²) in [6, 6.07) is 7.68. The van der Waals surface area contributed by atoms with Gasteiger partial charge in [0.25, 0.3) is 0 Å². The van der Waals surface area contributed by atoms with Gasteiger partial charge in [-0.25, -0.2) is 4.98 Å². The van der Waals surface area contributed by atoms with Crippen molar-refractivity contribution in [2.24, 2.45) is 5.41 Å². The van der Waals surface area contributed by atoms with Gasteiger partial charge in [0.15, 0.2) is 5.13 Å². The molecule has 1 aliphatic carbocycles. The summed E-state index contributed by atoms with van der Waals surface area (Å²) in [6.07, 6.45) is 2.49. The number of thiazole rings is 1. The number of aromatic nitrogens is 2. The van der Waals surface area contributed by atoms with Crippen LogP contribution in [0.3, 0.4) is 0 Å². The van der Waals surface area contributed by atoms with Gasteiger partial charge < -0.3 is 14.8 Å². The van der Waals surface area contributed by atoms with E-state index in [1.165, 1.54) is 25.9 Å². The first-order valence-corrected chi connectivity index (χ1v) is 11.7. The summed E-state index contributed by atoms with van der Waals surface area (Å²) in [7, 11) is 2.20. The highest BCUT2D eigenvalue weighted by molar-refractivity contribution is 7.18. The number of ketones is 1. The number of hydrogen-bond donors (Lipinski definition) is 1. The van der Waals surface area contributed by atoms with E-state index < -0.39 is 5.41 Å². The van der Waals surface area contributed by atoms with Gasteiger partial charge in [0.2, 0.25) is 5.78 Å². The Labute approximate surface area is 185 Å². The standard InChI is InChI=1S/C24H25N5OS/c1-23(2)20-17(15-5-4-14(11-25)10-16(15)26-20)18(30)19-21(23)27-22(31-19)29-12-24(13-29)6-8-28(3)9-7-24/h4-5,10,26H,6-9,12-13H2,1-3H3. The quantitative estimate of drug-likeness (QED) is 0.632. The summed E-state index contributed by atoms with van der Waals surface area (Å²) in [5, 5.41) is 11.1. The van der Waals surface area contributed by atoms with Gasteiger partial charge in [-0.15, -0.1) is 0 Å². The first-order chi connectivity index (χ1) is 14.8. The number of carbonyl (C=O) groups is 1. The number of nitriles is 1. The van der Waals surface area contributed by atoms with Crippen LogP contribution in [0.2, 0.25) is 0 Å². The molecule has 2 aromatic heterocycles. The Bertz CT molecular complexity index is 1280. The lowest BCUT2D eigenvalue weighted by Crippen LogP contribution is -2.60. The number of piperidine rings is 1. The van der Waals surface area contributed by atoms with Crippen LogP contribution in [0.5, 0.6) is 0 Å². The molecular weight excluding hydrogens is 406 g/mol. The van der Waals surface area contributed by atoms with Crippen LogP contribution in [-0.2, 0) is 5.41 Å². The summed E-state index contributed by atoms with van der Waals surface area (Å²) < 4.78 is 0. The van der Waals surface area contributed by atoms with Crippen molar-refractivity contribution in [3.05, 3.63) is 45.6 Å². The number of nitrogens with one attached hydrogen (secondary N) is 1. The molecule has 6 rings (SSSR count). The highest BCUT2D eigenvalue weighted by Gasteiger charge is 2.48. The lowest BCUT2D eigenvalue weighted by molar-refractivity contribution is 0.0905. The third-order valence-electron chi connectivity index (χ3n) is 7.56. The predicted octanol–water partition coefficient (Wildman–Crippen LogP) is 3.90. The number of fused-ring (bicyclic) bond motifs is 4. The number of hydrogen-bond acceptors (Lipinski definition) is 6. The molecule has 4 heterocycles. The summed E-state index contributed by atoms with van der Waals surface area (Å²) in [5.74, 6) is 0.0542. The Morgan fingerprint density at radius 1 is 1.23 bits per heavy atom. The van der Waals surface area contributed by atoms with Crippen molar-refractivity contribution in [1.29, 1.82) is 5.26 Å². The van der Waals surface area contributed by atoms with Gasteiger partial charge >= 0.3 is 0 Å². The maximum absolute atomic E-state index is 13.6. The molecule has 0 bridgehead atoms. The molecule has 158 valence electrons. The monoisotopic (exact) mass is 431 g/mol. The molecule has 2 fully saturated rings. The van der Waals surface area contributed by atoms with E-state index in [-0.39, 0.29) is 5.78 Å². The number of nitrogens with zero attached hydrogens (tertiary/aromatic N) is 4. The van der Waals surface area contributed by atoms with E-state index in [1.54, 1.807) is 17.4 Å². The molecule has 0 radical (unpaired) electrons. The number of anilines is 1. The SMILES string of the molecule is CN1CCC2(CC1)CN(c1nc3c(s1)C(=O)c1c([nH]c4cc(C#N)ccc14)C3(C)C)C2. The molecular formula is C24H25N5OS. The fourth-order valence-corrected chi connectivity index (χ4v) is 6.70. The second-order valence-corrected chi connectivity index (χ2v) is 11.0. The highest BCUT2D eigenvalue weighted by atomic mass is 32.1. The van der Waals surface area contributed by atoms with E-state index in [1.807, 2.05) is 12.1 Å². The first-order valence-electron chi connectivity index (χ1n) is 10.9. The lowest BCUT2D eigenvalue weighted by atomic mass is 9.72. The normalized spacial score (nSPS) is 21.6. The van der Waals surface area contributed by atoms with Crippen LogP contribution < -0.4 is 4.90 Å². The molecule has 2 aliphatic heterocycles. The molecule has 0 saturated carbocycles. The number of likely N-dealkylation sites (tertiary alicyclic amines) is 1. The van der Waals surface area contributed by atoms with Crippen molar-refractivity contribution >= 4 is 33.2 Å². The Hall–Kier alpha value is -2.69.